The van der Waals surface area contributed by atoms with Crippen LogP contribution in [0.25, 0.3) is 0 Å². The van der Waals surface area contributed by atoms with Crippen molar-refractivity contribution >= 4 is 11.6 Å². The first-order chi connectivity index (χ1) is 9.41. The Labute approximate surface area is 117 Å². The van der Waals surface area contributed by atoms with Crippen molar-refractivity contribution in [3.05, 3.63) is 29.3 Å². The fourth-order valence-corrected chi connectivity index (χ4v) is 2.69. The third kappa shape index (κ3) is 3.26. The van der Waals surface area contributed by atoms with Gasteiger partial charge in [0.1, 0.15) is 17.3 Å². The molecule has 0 bridgehead atoms. The summed E-state index contributed by atoms with van der Waals surface area (Å²) in [6, 6.07) is 1.94. The van der Waals surface area contributed by atoms with Crippen LogP contribution in [0.4, 0.5) is 14.5 Å². The van der Waals surface area contributed by atoms with Crippen molar-refractivity contribution in [1.82, 2.24) is 5.32 Å². The standard InChI is InChI=1S/C15H20F2N2O/c1-15(5-3-2-4-6-15)9-19-14(20)10-7-11(16)13(18)12(17)8-10/h7-8H,2-6,9,18H2,1H3,(H,19,20). The fraction of sp³-hybridized carbons (Fsp3) is 0.533. The van der Waals surface area contributed by atoms with E-state index in [-0.39, 0.29) is 11.0 Å². The van der Waals surface area contributed by atoms with Gasteiger partial charge in [0, 0.05) is 12.1 Å². The second-order valence-electron chi connectivity index (χ2n) is 5.91. The third-order valence-electron chi connectivity index (χ3n) is 4.08. The Morgan fingerprint density at radius 3 is 2.35 bits per heavy atom. The van der Waals surface area contributed by atoms with Crippen LogP contribution in [0.15, 0.2) is 12.1 Å². The molecule has 2 rings (SSSR count). The van der Waals surface area contributed by atoms with Crippen molar-refractivity contribution in [2.24, 2.45) is 5.41 Å². The maximum Gasteiger partial charge on any atom is 0.251 e. The molecule has 0 radical (unpaired) electrons. The van der Waals surface area contributed by atoms with E-state index in [0.29, 0.717) is 6.54 Å². The molecule has 0 unspecified atom stereocenters. The lowest BCUT2D eigenvalue weighted by Gasteiger charge is -2.33. The molecule has 1 aromatic rings. The molecule has 1 amide bonds. The normalized spacial score (nSPS) is 17.8. The molecule has 1 fully saturated rings. The minimum absolute atomic E-state index is 0.0337. The van der Waals surface area contributed by atoms with Gasteiger partial charge in [-0.25, -0.2) is 8.78 Å². The first-order valence-electron chi connectivity index (χ1n) is 6.94. The average molecular weight is 282 g/mol. The lowest BCUT2D eigenvalue weighted by Crippen LogP contribution is -2.37. The van der Waals surface area contributed by atoms with Gasteiger partial charge in [-0.05, 0) is 30.4 Å². The van der Waals surface area contributed by atoms with Crippen LogP contribution in [0.5, 0.6) is 0 Å². The van der Waals surface area contributed by atoms with Crippen LogP contribution in [0.1, 0.15) is 49.4 Å². The molecular formula is C15H20F2N2O. The molecule has 0 spiro atoms. The van der Waals surface area contributed by atoms with Crippen LogP contribution in [0.3, 0.4) is 0 Å². The van der Waals surface area contributed by atoms with Crippen LogP contribution >= 0.6 is 0 Å². The number of hydrogen-bond acceptors (Lipinski definition) is 2. The van der Waals surface area contributed by atoms with E-state index in [1.807, 2.05) is 0 Å². The molecule has 3 N–H and O–H groups in total. The molecule has 0 aliphatic heterocycles. The Kier molecular flexibility index (Phi) is 4.26. The predicted octanol–water partition coefficient (Wildman–Crippen LogP) is 3.25. The molecule has 1 saturated carbocycles. The molecule has 0 heterocycles. The summed E-state index contributed by atoms with van der Waals surface area (Å²) in [4.78, 5) is 12.0. The third-order valence-corrected chi connectivity index (χ3v) is 4.08. The molecule has 1 aliphatic carbocycles. The average Bonchev–Trinajstić information content (AvgIpc) is 2.42. The number of hydrogen-bond donors (Lipinski definition) is 2. The molecule has 1 aliphatic rings. The van der Waals surface area contributed by atoms with Gasteiger partial charge >= 0.3 is 0 Å². The second-order valence-corrected chi connectivity index (χ2v) is 5.91. The van der Waals surface area contributed by atoms with Gasteiger partial charge in [-0.1, -0.05) is 26.2 Å². The molecule has 5 heteroatoms. The Morgan fingerprint density at radius 1 is 1.25 bits per heavy atom. The number of benzene rings is 1. The minimum Gasteiger partial charge on any atom is -0.394 e. The zero-order chi connectivity index (χ0) is 14.8. The largest absolute Gasteiger partial charge is 0.394 e. The summed E-state index contributed by atoms with van der Waals surface area (Å²) >= 11 is 0. The number of halogens is 2. The zero-order valence-corrected chi connectivity index (χ0v) is 11.6. The second kappa shape index (κ2) is 5.77. The number of rotatable bonds is 3. The van der Waals surface area contributed by atoms with Crippen LogP contribution in [-0.4, -0.2) is 12.5 Å². The van der Waals surface area contributed by atoms with Crippen LogP contribution < -0.4 is 11.1 Å². The highest BCUT2D eigenvalue weighted by atomic mass is 19.1. The Balaban J connectivity index is 2.01. The summed E-state index contributed by atoms with van der Waals surface area (Å²) in [5.74, 6) is -2.27. The Bertz CT molecular complexity index is 488. The number of carbonyl (C=O) groups excluding carboxylic acids is 1. The molecule has 1 aromatic carbocycles. The molecule has 3 nitrogen and oxygen atoms in total. The summed E-state index contributed by atoms with van der Waals surface area (Å²) in [6.45, 7) is 2.66. The summed E-state index contributed by atoms with van der Waals surface area (Å²) in [5.41, 5.74) is 4.67. The predicted molar refractivity (Wildman–Crippen MR) is 74.3 cm³/mol. The van der Waals surface area contributed by atoms with Crippen molar-refractivity contribution in [2.75, 3.05) is 12.3 Å². The van der Waals surface area contributed by atoms with Gasteiger partial charge in [-0.3, -0.25) is 4.79 Å². The van der Waals surface area contributed by atoms with Crippen molar-refractivity contribution in [1.29, 1.82) is 0 Å². The number of anilines is 1. The quantitative estimate of drug-likeness (QED) is 0.836. The number of nitrogens with two attached hydrogens (primary N) is 1. The van der Waals surface area contributed by atoms with E-state index in [1.54, 1.807) is 0 Å². The smallest absolute Gasteiger partial charge is 0.251 e. The first kappa shape index (κ1) is 14.8. The number of amides is 1. The summed E-state index contributed by atoms with van der Waals surface area (Å²) in [7, 11) is 0. The molecule has 0 saturated heterocycles. The molecular weight excluding hydrogens is 262 g/mol. The van der Waals surface area contributed by atoms with Crippen LogP contribution in [-0.2, 0) is 0 Å². The van der Waals surface area contributed by atoms with E-state index < -0.39 is 23.2 Å². The summed E-state index contributed by atoms with van der Waals surface area (Å²) in [5, 5.41) is 2.77. The Morgan fingerprint density at radius 2 is 1.80 bits per heavy atom. The van der Waals surface area contributed by atoms with Crippen LogP contribution in [0, 0.1) is 17.0 Å². The highest BCUT2D eigenvalue weighted by Gasteiger charge is 2.27. The van der Waals surface area contributed by atoms with Gasteiger partial charge in [0.15, 0.2) is 0 Å². The van der Waals surface area contributed by atoms with Gasteiger partial charge in [0.2, 0.25) is 0 Å². The van der Waals surface area contributed by atoms with Gasteiger partial charge in [0.05, 0.1) is 0 Å². The molecule has 20 heavy (non-hydrogen) atoms. The maximum absolute atomic E-state index is 13.3. The lowest BCUT2D eigenvalue weighted by molar-refractivity contribution is 0.0918. The topological polar surface area (TPSA) is 55.1 Å². The first-order valence-corrected chi connectivity index (χ1v) is 6.94. The molecule has 110 valence electrons. The van der Waals surface area contributed by atoms with Crippen LogP contribution in [0.2, 0.25) is 0 Å². The van der Waals surface area contributed by atoms with E-state index in [0.717, 1.165) is 37.8 Å². The van der Waals surface area contributed by atoms with Gasteiger partial charge in [0.25, 0.3) is 5.91 Å². The van der Waals surface area contributed by atoms with Gasteiger partial charge in [-0.15, -0.1) is 0 Å². The van der Waals surface area contributed by atoms with Crippen molar-refractivity contribution in [3.8, 4) is 0 Å². The van der Waals surface area contributed by atoms with E-state index in [4.69, 9.17) is 5.73 Å². The van der Waals surface area contributed by atoms with Gasteiger partial charge in [-0.2, -0.15) is 0 Å². The number of nitrogen functional groups attached to an aromatic ring is 1. The number of carbonyl (C=O) groups is 1. The summed E-state index contributed by atoms with van der Waals surface area (Å²) < 4.78 is 26.7. The molecule has 0 atom stereocenters. The zero-order valence-electron chi connectivity index (χ0n) is 11.6. The fourth-order valence-electron chi connectivity index (χ4n) is 2.69. The van der Waals surface area contributed by atoms with E-state index >= 15 is 0 Å². The summed E-state index contributed by atoms with van der Waals surface area (Å²) in [6.07, 6.45) is 5.70. The SMILES string of the molecule is CC1(CNC(=O)c2cc(F)c(N)c(F)c2)CCCCC1. The number of nitrogens with one attached hydrogen (secondary N) is 1. The van der Waals surface area contributed by atoms with Crippen molar-refractivity contribution < 1.29 is 13.6 Å². The highest BCUT2D eigenvalue weighted by molar-refractivity contribution is 5.94. The monoisotopic (exact) mass is 282 g/mol. The molecule has 0 aromatic heterocycles. The van der Waals surface area contributed by atoms with E-state index in [1.165, 1.54) is 6.42 Å². The van der Waals surface area contributed by atoms with E-state index in [9.17, 15) is 13.6 Å². The van der Waals surface area contributed by atoms with Crippen molar-refractivity contribution in [3.63, 3.8) is 0 Å². The van der Waals surface area contributed by atoms with Gasteiger partial charge < -0.3 is 11.1 Å². The maximum atomic E-state index is 13.3. The van der Waals surface area contributed by atoms with E-state index in [2.05, 4.69) is 12.2 Å². The Hall–Kier alpha value is -1.65. The lowest BCUT2D eigenvalue weighted by atomic mass is 9.76. The highest BCUT2D eigenvalue weighted by Crippen LogP contribution is 2.35. The minimum atomic E-state index is -0.904. The van der Waals surface area contributed by atoms with Crippen molar-refractivity contribution in [2.45, 2.75) is 39.0 Å².